The minimum absolute atomic E-state index is 0.227. The summed E-state index contributed by atoms with van der Waals surface area (Å²) in [5.41, 5.74) is 8.10. The lowest BCUT2D eigenvalue weighted by atomic mass is 10.1. The number of anilines is 2. The van der Waals surface area contributed by atoms with Gasteiger partial charge in [0.2, 0.25) is 0 Å². The zero-order valence-corrected chi connectivity index (χ0v) is 11.1. The number of halogens is 1. The first kappa shape index (κ1) is 13.9. The summed E-state index contributed by atoms with van der Waals surface area (Å²) in [6.07, 6.45) is 0. The number of carbonyl (C=O) groups is 1. The Morgan fingerprint density at radius 2 is 1.80 bits per heavy atom. The van der Waals surface area contributed by atoms with Crippen LogP contribution >= 0.6 is 0 Å². The Hall–Kier alpha value is -2.56. The number of benzene rings is 2. The summed E-state index contributed by atoms with van der Waals surface area (Å²) < 4.78 is 13.6. The van der Waals surface area contributed by atoms with E-state index in [4.69, 9.17) is 5.73 Å². The Kier molecular flexibility index (Phi) is 4.20. The summed E-state index contributed by atoms with van der Waals surface area (Å²) >= 11 is 0. The van der Waals surface area contributed by atoms with E-state index in [1.807, 2.05) is 13.0 Å². The van der Waals surface area contributed by atoms with Gasteiger partial charge in [-0.2, -0.15) is 0 Å². The molecule has 0 spiro atoms. The van der Waals surface area contributed by atoms with Crippen molar-refractivity contribution in [3.8, 4) is 0 Å². The molecule has 0 aliphatic carbocycles. The first-order valence-corrected chi connectivity index (χ1v) is 6.20. The topological polar surface area (TPSA) is 67.2 Å². The van der Waals surface area contributed by atoms with Gasteiger partial charge in [0.05, 0.1) is 0 Å². The summed E-state index contributed by atoms with van der Waals surface area (Å²) in [6, 6.07) is 11.4. The predicted octanol–water partition coefficient (Wildman–Crippen LogP) is 3.24. The van der Waals surface area contributed by atoms with Crippen molar-refractivity contribution in [2.75, 3.05) is 10.6 Å². The molecule has 0 atom stereocenters. The Bertz CT molecular complexity index is 611. The lowest BCUT2D eigenvalue weighted by Gasteiger charge is -2.09. The smallest absolute Gasteiger partial charge is 0.316 e. The third kappa shape index (κ3) is 3.71. The van der Waals surface area contributed by atoms with E-state index < -0.39 is 6.03 Å². The number of rotatable bonds is 4. The van der Waals surface area contributed by atoms with Gasteiger partial charge in [0.1, 0.15) is 5.82 Å². The molecular weight excluding hydrogens is 257 g/mol. The van der Waals surface area contributed by atoms with Crippen LogP contribution in [0.4, 0.5) is 20.6 Å². The van der Waals surface area contributed by atoms with Crippen LogP contribution in [0.25, 0.3) is 0 Å². The molecule has 2 rings (SSSR count). The molecule has 2 aromatic carbocycles. The quantitative estimate of drug-likeness (QED) is 0.800. The summed E-state index contributed by atoms with van der Waals surface area (Å²) in [4.78, 5) is 10.7. The van der Waals surface area contributed by atoms with Crippen LogP contribution in [0.2, 0.25) is 0 Å². The molecule has 0 aromatic heterocycles. The Morgan fingerprint density at radius 3 is 2.45 bits per heavy atom. The highest BCUT2D eigenvalue weighted by Crippen LogP contribution is 2.16. The lowest BCUT2D eigenvalue weighted by molar-refractivity contribution is 0.259. The summed E-state index contributed by atoms with van der Waals surface area (Å²) in [7, 11) is 0. The lowest BCUT2D eigenvalue weighted by Crippen LogP contribution is -2.19. The van der Waals surface area contributed by atoms with E-state index in [-0.39, 0.29) is 5.82 Å². The normalized spacial score (nSPS) is 10.1. The van der Waals surface area contributed by atoms with E-state index in [2.05, 4.69) is 10.6 Å². The van der Waals surface area contributed by atoms with Gasteiger partial charge in [-0.3, -0.25) is 0 Å². The van der Waals surface area contributed by atoms with E-state index in [0.29, 0.717) is 17.8 Å². The van der Waals surface area contributed by atoms with Gasteiger partial charge in [-0.25, -0.2) is 9.18 Å². The Labute approximate surface area is 116 Å². The minimum atomic E-state index is -0.604. The molecule has 20 heavy (non-hydrogen) atoms. The highest BCUT2D eigenvalue weighted by molar-refractivity contribution is 5.87. The minimum Gasteiger partial charge on any atom is -0.381 e. The average molecular weight is 273 g/mol. The number of hydrogen-bond acceptors (Lipinski definition) is 2. The SMILES string of the molecule is Cc1ccc(F)c(CNc2ccc(NC(N)=O)cc2)c1. The van der Waals surface area contributed by atoms with E-state index in [0.717, 1.165) is 11.3 Å². The van der Waals surface area contributed by atoms with E-state index in [1.165, 1.54) is 6.07 Å². The molecule has 0 bridgehead atoms. The molecule has 0 aliphatic rings. The maximum atomic E-state index is 13.6. The summed E-state index contributed by atoms with van der Waals surface area (Å²) in [6.45, 7) is 2.32. The van der Waals surface area contributed by atoms with Gasteiger partial charge in [-0.1, -0.05) is 17.7 Å². The first-order chi connectivity index (χ1) is 9.54. The molecule has 104 valence electrons. The molecule has 2 amide bonds. The Morgan fingerprint density at radius 1 is 1.15 bits per heavy atom. The van der Waals surface area contributed by atoms with E-state index in [1.54, 1.807) is 30.3 Å². The first-order valence-electron chi connectivity index (χ1n) is 6.20. The highest BCUT2D eigenvalue weighted by Gasteiger charge is 2.02. The number of aryl methyl sites for hydroxylation is 1. The van der Waals surface area contributed by atoms with Crippen molar-refractivity contribution in [2.45, 2.75) is 13.5 Å². The second-order valence-electron chi connectivity index (χ2n) is 4.52. The van der Waals surface area contributed by atoms with Gasteiger partial charge in [-0.15, -0.1) is 0 Å². The third-order valence-corrected chi connectivity index (χ3v) is 2.84. The Balaban J connectivity index is 2.00. The standard InChI is InChI=1S/C15H16FN3O/c1-10-2-7-14(16)11(8-10)9-18-12-3-5-13(6-4-12)19-15(17)20/h2-8,18H,9H2,1H3,(H3,17,19,20). The van der Waals surface area contributed by atoms with Crippen LogP contribution in [0.15, 0.2) is 42.5 Å². The van der Waals surface area contributed by atoms with Crippen molar-refractivity contribution in [1.82, 2.24) is 0 Å². The number of nitrogens with one attached hydrogen (secondary N) is 2. The molecule has 0 saturated heterocycles. The molecule has 0 saturated carbocycles. The van der Waals surface area contributed by atoms with Gasteiger partial charge >= 0.3 is 6.03 Å². The third-order valence-electron chi connectivity index (χ3n) is 2.84. The maximum Gasteiger partial charge on any atom is 0.316 e. The van der Waals surface area contributed by atoms with Crippen LogP contribution in [0, 0.1) is 12.7 Å². The van der Waals surface area contributed by atoms with Crippen LogP contribution < -0.4 is 16.4 Å². The molecule has 2 aromatic rings. The van der Waals surface area contributed by atoms with Crippen molar-refractivity contribution in [3.05, 3.63) is 59.4 Å². The maximum absolute atomic E-state index is 13.6. The number of primary amides is 1. The summed E-state index contributed by atoms with van der Waals surface area (Å²) in [5, 5.41) is 5.60. The highest BCUT2D eigenvalue weighted by atomic mass is 19.1. The largest absolute Gasteiger partial charge is 0.381 e. The van der Waals surface area contributed by atoms with Crippen LogP contribution in [0.5, 0.6) is 0 Å². The molecular formula is C15H16FN3O. The molecule has 4 N–H and O–H groups in total. The number of urea groups is 1. The van der Waals surface area contributed by atoms with Crippen molar-refractivity contribution >= 4 is 17.4 Å². The molecule has 5 heteroatoms. The molecule has 0 radical (unpaired) electrons. The van der Waals surface area contributed by atoms with Crippen LogP contribution in [0.1, 0.15) is 11.1 Å². The van der Waals surface area contributed by atoms with Gasteiger partial charge in [0, 0.05) is 23.5 Å². The van der Waals surface area contributed by atoms with Crippen molar-refractivity contribution in [1.29, 1.82) is 0 Å². The van der Waals surface area contributed by atoms with Crippen molar-refractivity contribution < 1.29 is 9.18 Å². The van der Waals surface area contributed by atoms with Crippen LogP contribution in [-0.2, 0) is 6.54 Å². The van der Waals surface area contributed by atoms with E-state index in [9.17, 15) is 9.18 Å². The monoisotopic (exact) mass is 273 g/mol. The zero-order chi connectivity index (χ0) is 14.5. The van der Waals surface area contributed by atoms with Crippen LogP contribution in [0.3, 0.4) is 0 Å². The fourth-order valence-electron chi connectivity index (χ4n) is 1.85. The van der Waals surface area contributed by atoms with Gasteiger partial charge in [0.15, 0.2) is 0 Å². The fraction of sp³-hybridized carbons (Fsp3) is 0.133. The van der Waals surface area contributed by atoms with Gasteiger partial charge in [-0.05, 0) is 37.3 Å². The number of amides is 2. The fourth-order valence-corrected chi connectivity index (χ4v) is 1.85. The number of nitrogens with two attached hydrogens (primary N) is 1. The molecule has 0 fully saturated rings. The second kappa shape index (κ2) is 6.06. The second-order valence-corrected chi connectivity index (χ2v) is 4.52. The van der Waals surface area contributed by atoms with E-state index >= 15 is 0 Å². The van der Waals surface area contributed by atoms with Gasteiger partial charge in [0.25, 0.3) is 0 Å². The molecule has 4 nitrogen and oxygen atoms in total. The number of carbonyl (C=O) groups excluding carboxylic acids is 1. The van der Waals surface area contributed by atoms with Crippen molar-refractivity contribution in [3.63, 3.8) is 0 Å². The molecule has 0 heterocycles. The number of hydrogen-bond donors (Lipinski definition) is 3. The summed E-state index contributed by atoms with van der Waals surface area (Å²) in [5.74, 6) is -0.227. The predicted molar refractivity (Wildman–Crippen MR) is 78.1 cm³/mol. The zero-order valence-electron chi connectivity index (χ0n) is 11.1. The average Bonchev–Trinajstić information content (AvgIpc) is 2.41. The van der Waals surface area contributed by atoms with Crippen LogP contribution in [-0.4, -0.2) is 6.03 Å². The van der Waals surface area contributed by atoms with Gasteiger partial charge < -0.3 is 16.4 Å². The molecule has 0 unspecified atom stereocenters. The van der Waals surface area contributed by atoms with Crippen molar-refractivity contribution in [2.24, 2.45) is 5.73 Å². The molecule has 0 aliphatic heterocycles.